The zero-order chi connectivity index (χ0) is 14.8. The number of hydrogen-bond donors (Lipinski definition) is 2. The minimum Gasteiger partial charge on any atom is -0.395 e. The van der Waals surface area contributed by atoms with Crippen molar-refractivity contribution in [3.05, 3.63) is 29.6 Å². The Hall–Kier alpha value is -1.90. The number of rotatable bonds is 6. The predicted octanol–water partition coefficient (Wildman–Crippen LogP) is 0.660. The molecule has 0 saturated carbocycles. The zero-order valence-electron chi connectivity index (χ0n) is 11.7. The van der Waals surface area contributed by atoms with Crippen LogP contribution in [0.4, 0.5) is 0 Å². The van der Waals surface area contributed by atoms with E-state index in [1.165, 1.54) is 0 Å². The molecule has 0 bridgehead atoms. The van der Waals surface area contributed by atoms with Gasteiger partial charge in [-0.25, -0.2) is 4.98 Å². The first kappa shape index (κ1) is 16.2. The van der Waals surface area contributed by atoms with Gasteiger partial charge >= 0.3 is 0 Å². The Kier molecular flexibility index (Phi) is 7.33. The summed E-state index contributed by atoms with van der Waals surface area (Å²) in [5.74, 6) is 5.41. The van der Waals surface area contributed by atoms with E-state index < -0.39 is 0 Å². The fourth-order valence-corrected chi connectivity index (χ4v) is 1.75. The third kappa shape index (κ3) is 4.65. The highest BCUT2D eigenvalue weighted by molar-refractivity contribution is 5.94. The normalized spacial score (nSPS) is 9.75. The second-order valence-corrected chi connectivity index (χ2v) is 4.19. The molecule has 0 fully saturated rings. The van der Waals surface area contributed by atoms with Crippen molar-refractivity contribution in [2.75, 3.05) is 26.3 Å². The van der Waals surface area contributed by atoms with Crippen molar-refractivity contribution in [2.45, 2.75) is 19.8 Å². The molecule has 0 atom stereocenters. The highest BCUT2D eigenvalue weighted by Crippen LogP contribution is 2.08. The molecule has 1 amide bonds. The van der Waals surface area contributed by atoms with E-state index in [1.807, 2.05) is 6.92 Å². The molecule has 1 aromatic rings. The van der Waals surface area contributed by atoms with Crippen LogP contribution < -0.4 is 0 Å². The minimum atomic E-state index is -0.227. The van der Waals surface area contributed by atoms with Crippen molar-refractivity contribution < 1.29 is 15.0 Å². The van der Waals surface area contributed by atoms with Gasteiger partial charge in [0.1, 0.15) is 5.69 Å². The predicted molar refractivity (Wildman–Crippen MR) is 76.1 cm³/mol. The first-order valence-corrected chi connectivity index (χ1v) is 6.69. The van der Waals surface area contributed by atoms with Crippen LogP contribution in [-0.2, 0) is 0 Å². The van der Waals surface area contributed by atoms with Crippen molar-refractivity contribution in [1.82, 2.24) is 9.88 Å². The fourth-order valence-electron chi connectivity index (χ4n) is 1.75. The lowest BCUT2D eigenvalue weighted by Crippen LogP contribution is -2.35. The second-order valence-electron chi connectivity index (χ2n) is 4.19. The monoisotopic (exact) mass is 276 g/mol. The van der Waals surface area contributed by atoms with Crippen LogP contribution in [0.1, 0.15) is 35.8 Å². The standard InChI is InChI=1S/C15H20N2O3/c1-2-9-17(10-12-19)15(20)14-13(6-3-4-11-18)7-5-8-16-14/h5,7-8,18-19H,2,4,9-12H2,1H3. The van der Waals surface area contributed by atoms with E-state index in [0.717, 1.165) is 6.42 Å². The topological polar surface area (TPSA) is 73.7 Å². The van der Waals surface area contributed by atoms with Crippen molar-refractivity contribution >= 4 is 5.91 Å². The van der Waals surface area contributed by atoms with Gasteiger partial charge in [0.25, 0.3) is 5.91 Å². The Morgan fingerprint density at radius 3 is 2.80 bits per heavy atom. The lowest BCUT2D eigenvalue weighted by Gasteiger charge is -2.20. The molecule has 0 aliphatic heterocycles. The van der Waals surface area contributed by atoms with Crippen LogP contribution in [0.5, 0.6) is 0 Å². The minimum absolute atomic E-state index is 0.0109. The van der Waals surface area contributed by atoms with Gasteiger partial charge in [0.2, 0.25) is 0 Å². The van der Waals surface area contributed by atoms with Crippen LogP contribution in [0.2, 0.25) is 0 Å². The van der Waals surface area contributed by atoms with E-state index in [9.17, 15) is 4.79 Å². The van der Waals surface area contributed by atoms with Crippen molar-refractivity contribution in [2.24, 2.45) is 0 Å². The molecule has 5 heteroatoms. The zero-order valence-corrected chi connectivity index (χ0v) is 11.7. The van der Waals surface area contributed by atoms with Gasteiger partial charge in [-0.1, -0.05) is 18.8 Å². The van der Waals surface area contributed by atoms with Gasteiger partial charge in [-0.05, 0) is 18.6 Å². The number of nitrogens with zero attached hydrogens (tertiary/aromatic N) is 2. The van der Waals surface area contributed by atoms with E-state index >= 15 is 0 Å². The Morgan fingerprint density at radius 1 is 1.35 bits per heavy atom. The van der Waals surface area contributed by atoms with Gasteiger partial charge < -0.3 is 15.1 Å². The average Bonchev–Trinajstić information content (AvgIpc) is 2.47. The number of aliphatic hydroxyl groups excluding tert-OH is 2. The molecule has 20 heavy (non-hydrogen) atoms. The number of aliphatic hydroxyl groups is 2. The van der Waals surface area contributed by atoms with Gasteiger partial charge in [-0.2, -0.15) is 0 Å². The summed E-state index contributed by atoms with van der Waals surface area (Å²) in [5, 5.41) is 17.8. The molecule has 2 N–H and O–H groups in total. The van der Waals surface area contributed by atoms with Gasteiger partial charge in [0.05, 0.1) is 18.8 Å². The van der Waals surface area contributed by atoms with E-state index in [0.29, 0.717) is 24.2 Å². The molecule has 1 rings (SSSR count). The molecule has 0 aliphatic carbocycles. The number of hydrogen-bond acceptors (Lipinski definition) is 4. The van der Waals surface area contributed by atoms with Crippen LogP contribution >= 0.6 is 0 Å². The molecule has 0 aromatic carbocycles. The highest BCUT2D eigenvalue weighted by Gasteiger charge is 2.18. The first-order chi connectivity index (χ1) is 9.74. The second kappa shape index (κ2) is 9.08. The van der Waals surface area contributed by atoms with Gasteiger partial charge in [0, 0.05) is 25.7 Å². The Bertz CT molecular complexity index is 485. The summed E-state index contributed by atoms with van der Waals surface area (Å²) in [6, 6.07) is 3.45. The summed E-state index contributed by atoms with van der Waals surface area (Å²) in [6.45, 7) is 2.73. The van der Waals surface area contributed by atoms with Crippen molar-refractivity contribution in [3.8, 4) is 11.8 Å². The summed E-state index contributed by atoms with van der Waals surface area (Å²) in [6.07, 6.45) is 2.72. The molecular weight excluding hydrogens is 256 g/mol. The molecule has 0 unspecified atom stereocenters. The van der Waals surface area contributed by atoms with Crippen LogP contribution in [0, 0.1) is 11.8 Å². The quantitative estimate of drug-likeness (QED) is 0.749. The lowest BCUT2D eigenvalue weighted by atomic mass is 10.1. The van der Waals surface area contributed by atoms with Crippen LogP contribution in [0.15, 0.2) is 18.3 Å². The van der Waals surface area contributed by atoms with Crippen molar-refractivity contribution in [3.63, 3.8) is 0 Å². The maximum Gasteiger partial charge on any atom is 0.273 e. The maximum absolute atomic E-state index is 12.4. The fraction of sp³-hybridized carbons (Fsp3) is 0.467. The van der Waals surface area contributed by atoms with Gasteiger partial charge in [-0.15, -0.1) is 0 Å². The smallest absolute Gasteiger partial charge is 0.273 e. The van der Waals surface area contributed by atoms with E-state index in [2.05, 4.69) is 16.8 Å². The average molecular weight is 276 g/mol. The Morgan fingerprint density at radius 2 is 2.15 bits per heavy atom. The number of aromatic nitrogens is 1. The van der Waals surface area contributed by atoms with Crippen LogP contribution in [0.25, 0.3) is 0 Å². The summed E-state index contributed by atoms with van der Waals surface area (Å²) in [4.78, 5) is 18.1. The first-order valence-electron chi connectivity index (χ1n) is 6.69. The third-order valence-electron chi connectivity index (χ3n) is 2.62. The number of amides is 1. The highest BCUT2D eigenvalue weighted by atomic mass is 16.3. The number of carbonyl (C=O) groups excluding carboxylic acids is 1. The molecule has 1 heterocycles. The van der Waals surface area contributed by atoms with Gasteiger partial charge in [-0.3, -0.25) is 4.79 Å². The summed E-state index contributed by atoms with van der Waals surface area (Å²) in [5.41, 5.74) is 0.838. The van der Waals surface area contributed by atoms with E-state index in [1.54, 1.807) is 23.2 Å². The Balaban J connectivity index is 2.99. The maximum atomic E-state index is 12.4. The molecule has 1 aromatic heterocycles. The summed E-state index contributed by atoms with van der Waals surface area (Å²) >= 11 is 0. The Labute approximate surface area is 119 Å². The molecule has 108 valence electrons. The largest absolute Gasteiger partial charge is 0.395 e. The van der Waals surface area contributed by atoms with Crippen LogP contribution in [-0.4, -0.2) is 52.3 Å². The number of pyridine rings is 1. The van der Waals surface area contributed by atoms with E-state index in [-0.39, 0.29) is 25.7 Å². The van der Waals surface area contributed by atoms with Crippen LogP contribution in [0.3, 0.4) is 0 Å². The third-order valence-corrected chi connectivity index (χ3v) is 2.62. The summed E-state index contributed by atoms with van der Waals surface area (Å²) < 4.78 is 0. The van der Waals surface area contributed by atoms with E-state index in [4.69, 9.17) is 10.2 Å². The molecular formula is C15H20N2O3. The molecule has 0 spiro atoms. The summed E-state index contributed by atoms with van der Waals surface area (Å²) in [7, 11) is 0. The SMILES string of the molecule is CCCN(CCO)C(=O)c1ncccc1C#CCCO. The number of carbonyl (C=O) groups is 1. The van der Waals surface area contributed by atoms with Gasteiger partial charge in [0.15, 0.2) is 0 Å². The molecule has 5 nitrogen and oxygen atoms in total. The molecule has 0 radical (unpaired) electrons. The molecule has 0 saturated heterocycles. The lowest BCUT2D eigenvalue weighted by molar-refractivity contribution is 0.0716. The molecule has 0 aliphatic rings. The van der Waals surface area contributed by atoms with Crippen molar-refractivity contribution in [1.29, 1.82) is 0 Å².